The van der Waals surface area contributed by atoms with E-state index in [9.17, 15) is 14.0 Å². The third kappa shape index (κ3) is 2.61. The van der Waals surface area contributed by atoms with Gasteiger partial charge in [-0.25, -0.2) is 9.18 Å². The summed E-state index contributed by atoms with van der Waals surface area (Å²) in [6.07, 6.45) is 1.52. The van der Waals surface area contributed by atoms with Crippen LogP contribution in [0.25, 0.3) is 11.1 Å². The Hall–Kier alpha value is -2.43. The van der Waals surface area contributed by atoms with E-state index in [1.165, 1.54) is 30.5 Å². The Balaban J connectivity index is 2.68. The number of aromatic nitrogens is 1. The molecule has 1 aromatic carbocycles. The molecule has 0 aliphatic heterocycles. The van der Waals surface area contributed by atoms with Crippen LogP contribution >= 0.6 is 0 Å². The van der Waals surface area contributed by atoms with E-state index in [0.717, 1.165) is 0 Å². The van der Waals surface area contributed by atoms with Gasteiger partial charge >= 0.3 is 5.97 Å². The number of rotatable bonds is 3. The van der Waals surface area contributed by atoms with Crippen LogP contribution < -0.4 is 5.56 Å². The molecule has 2 aromatic rings. The normalized spacial score (nSPS) is 10.3. The molecule has 0 spiro atoms. The molecule has 0 fully saturated rings. The molecule has 0 saturated carbocycles. The maximum atomic E-state index is 13.0. The van der Waals surface area contributed by atoms with Gasteiger partial charge in [-0.05, 0) is 37.1 Å². The average molecular weight is 275 g/mol. The minimum absolute atomic E-state index is 0.0570. The second kappa shape index (κ2) is 5.69. The first-order valence-electron chi connectivity index (χ1n) is 6.20. The molecule has 0 radical (unpaired) electrons. The van der Waals surface area contributed by atoms with Gasteiger partial charge in [0.1, 0.15) is 11.4 Å². The molecule has 0 atom stereocenters. The lowest BCUT2D eigenvalue weighted by atomic mass is 9.97. The molecule has 1 aromatic heterocycles. The summed E-state index contributed by atoms with van der Waals surface area (Å²) in [7, 11) is 0. The summed E-state index contributed by atoms with van der Waals surface area (Å²) in [5, 5.41) is 0. The fraction of sp³-hybridized carbons (Fsp3) is 0.200. The highest BCUT2D eigenvalue weighted by Crippen LogP contribution is 2.25. The summed E-state index contributed by atoms with van der Waals surface area (Å²) < 4.78 is 17.9. The Morgan fingerprint density at radius 2 is 1.95 bits per heavy atom. The monoisotopic (exact) mass is 275 g/mol. The van der Waals surface area contributed by atoms with Crippen molar-refractivity contribution in [3.63, 3.8) is 0 Å². The highest BCUT2D eigenvalue weighted by atomic mass is 19.1. The zero-order chi connectivity index (χ0) is 14.7. The summed E-state index contributed by atoms with van der Waals surface area (Å²) in [6, 6.07) is 5.62. The van der Waals surface area contributed by atoms with Crippen molar-refractivity contribution in [1.29, 1.82) is 0 Å². The molecule has 0 aliphatic rings. The van der Waals surface area contributed by atoms with Gasteiger partial charge in [0.15, 0.2) is 0 Å². The van der Waals surface area contributed by atoms with Crippen LogP contribution in [-0.2, 0) is 4.74 Å². The summed E-state index contributed by atoms with van der Waals surface area (Å²) in [6.45, 7) is 3.60. The van der Waals surface area contributed by atoms with E-state index in [4.69, 9.17) is 4.74 Å². The molecule has 20 heavy (non-hydrogen) atoms. The number of esters is 1. The minimum atomic E-state index is -0.684. The molecule has 5 heteroatoms. The fourth-order valence-electron chi connectivity index (χ4n) is 2.02. The molecule has 0 amide bonds. The first-order chi connectivity index (χ1) is 9.54. The zero-order valence-electron chi connectivity index (χ0n) is 11.2. The number of hydrogen-bond donors (Lipinski definition) is 1. The van der Waals surface area contributed by atoms with Gasteiger partial charge in [0.25, 0.3) is 5.56 Å². The van der Waals surface area contributed by atoms with E-state index in [1.807, 2.05) is 0 Å². The van der Waals surface area contributed by atoms with Crippen molar-refractivity contribution in [3.05, 3.63) is 57.8 Å². The van der Waals surface area contributed by atoms with E-state index in [-0.39, 0.29) is 18.0 Å². The summed E-state index contributed by atoms with van der Waals surface area (Å²) in [5.74, 6) is -1.06. The van der Waals surface area contributed by atoms with Crippen molar-refractivity contribution in [2.24, 2.45) is 0 Å². The van der Waals surface area contributed by atoms with Crippen LogP contribution in [0.3, 0.4) is 0 Å². The number of H-pyrrole nitrogens is 1. The lowest BCUT2D eigenvalue weighted by Gasteiger charge is -2.11. The number of carbonyl (C=O) groups is 1. The Bertz CT molecular complexity index is 689. The van der Waals surface area contributed by atoms with Crippen molar-refractivity contribution in [3.8, 4) is 11.1 Å². The van der Waals surface area contributed by atoms with Crippen molar-refractivity contribution < 1.29 is 13.9 Å². The predicted octanol–water partition coefficient (Wildman–Crippen LogP) is 2.67. The molecule has 1 heterocycles. The number of ether oxygens (including phenoxy) is 1. The molecule has 0 aliphatic carbocycles. The smallest absolute Gasteiger partial charge is 0.344 e. The van der Waals surface area contributed by atoms with E-state index < -0.39 is 11.5 Å². The van der Waals surface area contributed by atoms with Crippen LogP contribution in [0.2, 0.25) is 0 Å². The van der Waals surface area contributed by atoms with Gasteiger partial charge in [0, 0.05) is 11.8 Å². The Morgan fingerprint density at radius 1 is 1.30 bits per heavy atom. The number of benzene rings is 1. The van der Waals surface area contributed by atoms with Crippen LogP contribution in [0.4, 0.5) is 4.39 Å². The summed E-state index contributed by atoms with van der Waals surface area (Å²) in [4.78, 5) is 26.4. The second-order valence-corrected chi connectivity index (χ2v) is 4.28. The Labute approximate surface area is 115 Å². The first-order valence-corrected chi connectivity index (χ1v) is 6.20. The predicted molar refractivity (Wildman–Crippen MR) is 73.2 cm³/mol. The fourth-order valence-corrected chi connectivity index (χ4v) is 2.02. The van der Waals surface area contributed by atoms with E-state index in [1.54, 1.807) is 13.8 Å². The first kappa shape index (κ1) is 14.0. The number of aryl methyl sites for hydroxylation is 1. The third-order valence-electron chi connectivity index (χ3n) is 2.90. The molecular formula is C15H14FNO3. The maximum absolute atomic E-state index is 13.0. The zero-order valence-corrected chi connectivity index (χ0v) is 11.2. The second-order valence-electron chi connectivity index (χ2n) is 4.28. The molecule has 0 bridgehead atoms. The van der Waals surface area contributed by atoms with Crippen LogP contribution in [0, 0.1) is 12.7 Å². The van der Waals surface area contributed by atoms with Crippen molar-refractivity contribution in [1.82, 2.24) is 4.98 Å². The van der Waals surface area contributed by atoms with Crippen LogP contribution in [0.5, 0.6) is 0 Å². The summed E-state index contributed by atoms with van der Waals surface area (Å²) in [5.41, 5.74) is 1.19. The maximum Gasteiger partial charge on any atom is 0.344 e. The quantitative estimate of drug-likeness (QED) is 0.876. The molecule has 2 rings (SSSR count). The van der Waals surface area contributed by atoms with Crippen molar-refractivity contribution in [2.75, 3.05) is 6.61 Å². The number of pyridine rings is 1. The van der Waals surface area contributed by atoms with Gasteiger partial charge in [-0.2, -0.15) is 0 Å². The molecule has 1 N–H and O–H groups in total. The molecule has 0 saturated heterocycles. The largest absolute Gasteiger partial charge is 0.462 e. The van der Waals surface area contributed by atoms with Gasteiger partial charge in [-0.1, -0.05) is 12.1 Å². The number of nitrogens with one attached hydrogen (secondary N) is 1. The number of aromatic amines is 1. The van der Waals surface area contributed by atoms with Crippen molar-refractivity contribution in [2.45, 2.75) is 13.8 Å². The van der Waals surface area contributed by atoms with Crippen molar-refractivity contribution >= 4 is 5.97 Å². The highest BCUT2D eigenvalue weighted by molar-refractivity contribution is 5.97. The SMILES string of the molecule is CCOC(=O)c1c(-c2ccc(F)cc2)c(C)c[nH]c1=O. The standard InChI is InChI=1S/C15H14FNO3/c1-3-20-15(19)13-12(9(2)8-17-14(13)18)10-4-6-11(16)7-5-10/h4-8H,3H2,1-2H3,(H,17,18). The van der Waals surface area contributed by atoms with E-state index in [0.29, 0.717) is 16.7 Å². The lowest BCUT2D eigenvalue weighted by molar-refractivity contribution is 0.0525. The molecule has 4 nitrogen and oxygen atoms in total. The lowest BCUT2D eigenvalue weighted by Crippen LogP contribution is -2.21. The Morgan fingerprint density at radius 3 is 2.55 bits per heavy atom. The van der Waals surface area contributed by atoms with Gasteiger partial charge in [0.2, 0.25) is 0 Å². The highest BCUT2D eigenvalue weighted by Gasteiger charge is 2.20. The molecule has 104 valence electrons. The van der Waals surface area contributed by atoms with Crippen LogP contribution in [-0.4, -0.2) is 17.6 Å². The number of halogens is 1. The topological polar surface area (TPSA) is 59.2 Å². The van der Waals surface area contributed by atoms with E-state index in [2.05, 4.69) is 4.98 Å². The van der Waals surface area contributed by atoms with E-state index >= 15 is 0 Å². The van der Waals surface area contributed by atoms with Crippen LogP contribution in [0.15, 0.2) is 35.3 Å². The third-order valence-corrected chi connectivity index (χ3v) is 2.90. The number of hydrogen-bond acceptors (Lipinski definition) is 3. The van der Waals surface area contributed by atoms with Gasteiger partial charge in [0.05, 0.1) is 6.61 Å². The van der Waals surface area contributed by atoms with Gasteiger partial charge in [-0.15, -0.1) is 0 Å². The summed E-state index contributed by atoms with van der Waals surface area (Å²) >= 11 is 0. The Kier molecular flexibility index (Phi) is 3.98. The van der Waals surface area contributed by atoms with Crippen LogP contribution in [0.1, 0.15) is 22.8 Å². The van der Waals surface area contributed by atoms with Gasteiger partial charge < -0.3 is 9.72 Å². The average Bonchev–Trinajstić information content (AvgIpc) is 2.42. The van der Waals surface area contributed by atoms with Gasteiger partial charge in [-0.3, -0.25) is 4.79 Å². The molecular weight excluding hydrogens is 261 g/mol. The molecule has 0 unspecified atom stereocenters. The number of carbonyl (C=O) groups excluding carboxylic acids is 1. The minimum Gasteiger partial charge on any atom is -0.462 e.